The summed E-state index contributed by atoms with van der Waals surface area (Å²) in [7, 11) is 0. The Kier molecular flexibility index (Phi) is 4.98. The summed E-state index contributed by atoms with van der Waals surface area (Å²) in [5.41, 5.74) is -47.6. The molecule has 4 aliphatic rings. The molecule has 0 aliphatic heterocycles. The highest BCUT2D eigenvalue weighted by Gasteiger charge is 3.28. The highest BCUT2D eigenvalue weighted by Crippen LogP contribution is 2.97. The van der Waals surface area contributed by atoms with E-state index in [0.29, 0.717) is 0 Å². The Balaban J connectivity index is 3.06. The van der Waals surface area contributed by atoms with Gasteiger partial charge in [0.15, 0.2) is 0 Å². The van der Waals surface area contributed by atoms with E-state index in [-0.39, 0.29) is 0 Å². The third-order valence-corrected chi connectivity index (χ3v) is 7.16. The number of rotatable bonds is 1. The van der Waals surface area contributed by atoms with Gasteiger partial charge in [0.05, 0.1) is 0 Å². The molecule has 4 rings (SSSR count). The van der Waals surface area contributed by atoms with Crippen LogP contribution in [0.3, 0.4) is 0 Å². The van der Waals surface area contributed by atoms with Crippen LogP contribution in [0.5, 0.6) is 0 Å². The fraction of sp³-hybridized carbons (Fsp3) is 1.00. The van der Waals surface area contributed by atoms with E-state index in [9.17, 15) is 101 Å². The minimum atomic E-state index is -10.1. The molecule has 0 radical (unpaired) electrons. The molecule has 0 amide bonds. The van der Waals surface area contributed by atoms with Gasteiger partial charge in [-0.25, -0.2) is 30.7 Å². The maximum atomic E-state index is 15.4. The molecule has 24 heteroatoms. The van der Waals surface area contributed by atoms with Crippen molar-refractivity contribution in [1.29, 1.82) is 0 Å². The molecule has 4 bridgehead atoms. The molecule has 224 valence electrons. The molecular formula is C14F24. The molecule has 4 fully saturated rings. The lowest BCUT2D eigenvalue weighted by Gasteiger charge is -2.79. The molecule has 0 saturated heterocycles. The second-order valence-electron chi connectivity index (χ2n) is 8.42. The summed E-state index contributed by atoms with van der Waals surface area (Å²) < 4.78 is 341. The molecule has 0 spiro atoms. The Hall–Kier alpha value is -1.68. The monoisotopic (exact) mass is 624 g/mol. The molecule has 0 aromatic carbocycles. The number of hydrogen-bond donors (Lipinski definition) is 0. The molecule has 38 heavy (non-hydrogen) atoms. The molecule has 3 unspecified atom stereocenters. The van der Waals surface area contributed by atoms with Crippen LogP contribution >= 0.6 is 0 Å². The van der Waals surface area contributed by atoms with Crippen molar-refractivity contribution in [2.24, 2.45) is 10.8 Å². The van der Waals surface area contributed by atoms with Gasteiger partial charge in [0.1, 0.15) is 0 Å². The van der Waals surface area contributed by atoms with Crippen molar-refractivity contribution < 1.29 is 105 Å². The van der Waals surface area contributed by atoms with Crippen LogP contribution < -0.4 is 0 Å². The van der Waals surface area contributed by atoms with Crippen LogP contribution in [0.1, 0.15) is 0 Å². The average molecular weight is 624 g/mol. The van der Waals surface area contributed by atoms with Crippen LogP contribution in [0.25, 0.3) is 0 Å². The van der Waals surface area contributed by atoms with Gasteiger partial charge in [-0.15, -0.1) is 0 Å². The van der Waals surface area contributed by atoms with Crippen molar-refractivity contribution in [3.63, 3.8) is 0 Å². The van der Waals surface area contributed by atoms with E-state index in [1.807, 2.05) is 0 Å². The van der Waals surface area contributed by atoms with Gasteiger partial charge in [0.2, 0.25) is 10.8 Å². The summed E-state index contributed by atoms with van der Waals surface area (Å²) >= 11 is 0. The molecule has 0 aromatic rings. The van der Waals surface area contributed by atoms with Gasteiger partial charge in [-0.2, -0.15) is 74.6 Å². The summed E-state index contributed by atoms with van der Waals surface area (Å²) in [5.74, 6) is -56.1. The molecular weight excluding hydrogens is 624 g/mol. The van der Waals surface area contributed by atoms with E-state index in [1.54, 1.807) is 0 Å². The first-order valence-electron chi connectivity index (χ1n) is 8.54. The highest BCUT2D eigenvalue weighted by atomic mass is 19.4. The normalized spacial score (nSPS) is 44.8. The van der Waals surface area contributed by atoms with Crippen molar-refractivity contribution in [2.75, 3.05) is 0 Å². The topological polar surface area (TPSA) is 0 Å². The third kappa shape index (κ3) is 1.88. The summed E-state index contributed by atoms with van der Waals surface area (Å²) in [5, 5.41) is 0. The van der Waals surface area contributed by atoms with Gasteiger partial charge in [-0.05, 0) is 0 Å². The summed E-state index contributed by atoms with van der Waals surface area (Å²) in [6, 6.07) is 0. The van der Waals surface area contributed by atoms with Gasteiger partial charge in [-0.1, -0.05) is 0 Å². The van der Waals surface area contributed by atoms with E-state index in [2.05, 4.69) is 0 Å². The zero-order valence-corrected chi connectivity index (χ0v) is 16.1. The SMILES string of the molecule is FC(F)(F)C(F)(F)C1(C(F)(F)F)C2(F)C(F)(F)C3(F)C(F)(F)C(F)(C2(F)F)C(F)(F)C1(C(F)(F)F)C3(F)F. The van der Waals surface area contributed by atoms with Gasteiger partial charge in [-0.3, -0.25) is 0 Å². The maximum Gasteiger partial charge on any atom is 0.454 e. The van der Waals surface area contributed by atoms with Crippen LogP contribution in [0.2, 0.25) is 0 Å². The molecule has 0 aromatic heterocycles. The van der Waals surface area contributed by atoms with Crippen LogP contribution in [-0.4, -0.2) is 71.1 Å². The highest BCUT2D eigenvalue weighted by molar-refractivity contribution is 5.56. The lowest BCUT2D eigenvalue weighted by atomic mass is 9.28. The fourth-order valence-electron chi connectivity index (χ4n) is 5.83. The Labute approximate surface area is 188 Å². The van der Waals surface area contributed by atoms with Gasteiger partial charge >= 0.3 is 65.4 Å². The Morgan fingerprint density at radius 1 is 0.316 bits per heavy atom. The van der Waals surface area contributed by atoms with Crippen molar-refractivity contribution in [1.82, 2.24) is 0 Å². The predicted octanol–water partition coefficient (Wildman–Crippen LogP) is 7.62. The van der Waals surface area contributed by atoms with E-state index < -0.39 is 81.9 Å². The first-order valence-corrected chi connectivity index (χ1v) is 8.54. The van der Waals surface area contributed by atoms with Crippen LogP contribution in [0.15, 0.2) is 0 Å². The minimum absolute atomic E-state index is 8.84. The molecule has 0 N–H and O–H groups in total. The smallest absolute Gasteiger partial charge is 0.229 e. The largest absolute Gasteiger partial charge is 0.454 e. The predicted molar refractivity (Wildman–Crippen MR) is 64.2 cm³/mol. The molecule has 3 atom stereocenters. The first-order chi connectivity index (χ1) is 16.0. The van der Waals surface area contributed by atoms with Crippen molar-refractivity contribution in [3.05, 3.63) is 0 Å². The quantitative estimate of drug-likeness (QED) is 0.264. The van der Waals surface area contributed by atoms with Gasteiger partial charge in [0, 0.05) is 0 Å². The minimum Gasteiger partial charge on any atom is -0.229 e. The van der Waals surface area contributed by atoms with Crippen molar-refractivity contribution >= 4 is 0 Å². The van der Waals surface area contributed by atoms with Crippen molar-refractivity contribution in [2.45, 2.75) is 71.1 Å². The van der Waals surface area contributed by atoms with Crippen LogP contribution in [0, 0.1) is 10.8 Å². The van der Waals surface area contributed by atoms with E-state index in [0.717, 1.165) is 0 Å². The molecule has 0 heterocycles. The number of halogens is 24. The lowest BCUT2D eigenvalue weighted by Crippen LogP contribution is -3.11. The van der Waals surface area contributed by atoms with E-state index in [1.165, 1.54) is 0 Å². The Morgan fingerprint density at radius 2 is 0.579 bits per heavy atom. The zero-order valence-electron chi connectivity index (χ0n) is 16.1. The molecule has 4 aliphatic carbocycles. The summed E-state index contributed by atoms with van der Waals surface area (Å²) in [6.45, 7) is 0. The third-order valence-electron chi connectivity index (χ3n) is 7.16. The average Bonchev–Trinajstić information content (AvgIpc) is 2.62. The standard InChI is InChI=1S/C14F24/c15-3-1(12(30,31)32,8(22,23)14(36,37)38)2(13(33,34)35)6(18,19)4(16,9(3,24)25)11(28,29)5(17,7(2,20)21)10(3,26)27. The Bertz CT molecular complexity index is 1010. The van der Waals surface area contributed by atoms with Crippen LogP contribution in [-0.2, 0) is 0 Å². The van der Waals surface area contributed by atoms with E-state index >= 15 is 4.39 Å². The second kappa shape index (κ2) is 6.14. The van der Waals surface area contributed by atoms with Gasteiger partial charge < -0.3 is 0 Å². The Morgan fingerprint density at radius 3 is 0.789 bits per heavy atom. The maximum absolute atomic E-state index is 15.4. The molecule has 4 saturated carbocycles. The van der Waals surface area contributed by atoms with Crippen molar-refractivity contribution in [3.8, 4) is 0 Å². The summed E-state index contributed by atoms with van der Waals surface area (Å²) in [6.07, 6.45) is -27.8. The summed E-state index contributed by atoms with van der Waals surface area (Å²) in [4.78, 5) is 0. The first kappa shape index (κ1) is 30.9. The molecule has 0 nitrogen and oxygen atoms in total. The van der Waals surface area contributed by atoms with Gasteiger partial charge in [0.25, 0.3) is 5.67 Å². The lowest BCUT2D eigenvalue weighted by molar-refractivity contribution is -0.662. The number of alkyl halides is 24. The fourth-order valence-corrected chi connectivity index (χ4v) is 5.83. The van der Waals surface area contributed by atoms with E-state index in [4.69, 9.17) is 0 Å². The number of hydrogen-bond acceptors (Lipinski definition) is 0. The second-order valence-corrected chi connectivity index (χ2v) is 8.42. The van der Waals surface area contributed by atoms with Crippen LogP contribution in [0.4, 0.5) is 105 Å². The zero-order chi connectivity index (χ0) is 31.0.